The average Bonchev–Trinajstić information content (AvgIpc) is 2.33. The predicted octanol–water partition coefficient (Wildman–Crippen LogP) is 3.74. The minimum Gasteiger partial charge on any atom is -0.478 e. The molecule has 0 saturated carbocycles. The van der Waals surface area contributed by atoms with Gasteiger partial charge in [0.25, 0.3) is 0 Å². The van der Waals surface area contributed by atoms with Crippen LogP contribution in [0.2, 0.25) is 0 Å². The van der Waals surface area contributed by atoms with Crippen molar-refractivity contribution in [3.63, 3.8) is 0 Å². The number of nitrogens with one attached hydrogen (secondary N) is 1. The van der Waals surface area contributed by atoms with E-state index in [9.17, 15) is 13.2 Å². The van der Waals surface area contributed by atoms with Crippen LogP contribution < -0.4 is 10.1 Å². The van der Waals surface area contributed by atoms with Crippen LogP contribution in [0.5, 0.6) is 5.88 Å². The van der Waals surface area contributed by atoms with Gasteiger partial charge in [0.05, 0.1) is 6.61 Å². The summed E-state index contributed by atoms with van der Waals surface area (Å²) in [5, 5.41) is 2.74. The molecule has 1 aromatic rings. The predicted molar refractivity (Wildman–Crippen MR) is 70.8 cm³/mol. The minimum absolute atomic E-state index is 0.0490. The number of ether oxygens (including phenoxy) is 1. The van der Waals surface area contributed by atoms with Crippen LogP contribution in [0.1, 0.15) is 39.4 Å². The molecule has 0 aromatic carbocycles. The molecule has 114 valence electrons. The first-order valence-corrected chi connectivity index (χ1v) is 6.66. The zero-order valence-electron chi connectivity index (χ0n) is 11.9. The fourth-order valence-corrected chi connectivity index (χ4v) is 1.57. The lowest BCUT2D eigenvalue weighted by Gasteiger charge is -2.12. The molecule has 1 heterocycles. The van der Waals surface area contributed by atoms with E-state index in [-0.39, 0.29) is 11.7 Å². The molecule has 20 heavy (non-hydrogen) atoms. The number of hydrogen-bond donors (Lipinski definition) is 1. The molecule has 1 aromatic heterocycles. The number of halogens is 3. The second kappa shape index (κ2) is 7.31. The Balaban J connectivity index is 2.76. The SMILES string of the molecule is CCNc1cc(OCCCC(C)C)nc(C(F)(F)F)n1. The van der Waals surface area contributed by atoms with Gasteiger partial charge < -0.3 is 10.1 Å². The van der Waals surface area contributed by atoms with Gasteiger partial charge in [0, 0.05) is 12.6 Å². The number of rotatable bonds is 7. The van der Waals surface area contributed by atoms with Crippen molar-refractivity contribution in [1.82, 2.24) is 9.97 Å². The lowest BCUT2D eigenvalue weighted by Crippen LogP contribution is -2.14. The monoisotopic (exact) mass is 291 g/mol. The Morgan fingerprint density at radius 2 is 2.00 bits per heavy atom. The van der Waals surface area contributed by atoms with Gasteiger partial charge in [-0.2, -0.15) is 18.2 Å². The van der Waals surface area contributed by atoms with Crippen LogP contribution >= 0.6 is 0 Å². The second-order valence-corrected chi connectivity index (χ2v) is 4.83. The minimum atomic E-state index is -4.58. The van der Waals surface area contributed by atoms with Crippen molar-refractivity contribution in [3.05, 3.63) is 11.9 Å². The number of alkyl halides is 3. The summed E-state index contributed by atoms with van der Waals surface area (Å²) >= 11 is 0. The maximum absolute atomic E-state index is 12.7. The highest BCUT2D eigenvalue weighted by Crippen LogP contribution is 2.28. The van der Waals surface area contributed by atoms with Crippen LogP contribution in [0.4, 0.5) is 19.0 Å². The molecule has 7 heteroatoms. The third kappa shape index (κ3) is 5.63. The van der Waals surface area contributed by atoms with Gasteiger partial charge in [0.2, 0.25) is 11.7 Å². The molecule has 0 amide bonds. The molecule has 1 N–H and O–H groups in total. The molecule has 0 spiro atoms. The normalized spacial score (nSPS) is 11.8. The van der Waals surface area contributed by atoms with Gasteiger partial charge in [-0.1, -0.05) is 13.8 Å². The Morgan fingerprint density at radius 3 is 2.55 bits per heavy atom. The van der Waals surface area contributed by atoms with E-state index in [1.807, 2.05) is 0 Å². The molecule has 4 nitrogen and oxygen atoms in total. The lowest BCUT2D eigenvalue weighted by molar-refractivity contribution is -0.145. The average molecular weight is 291 g/mol. The Labute approximate surface area is 116 Å². The van der Waals surface area contributed by atoms with E-state index >= 15 is 0 Å². The maximum atomic E-state index is 12.7. The summed E-state index contributed by atoms with van der Waals surface area (Å²) in [5.74, 6) is -0.581. The number of aromatic nitrogens is 2. The van der Waals surface area contributed by atoms with Gasteiger partial charge in [-0.3, -0.25) is 0 Å². The van der Waals surface area contributed by atoms with E-state index < -0.39 is 12.0 Å². The molecule has 0 aliphatic carbocycles. The topological polar surface area (TPSA) is 47.0 Å². The van der Waals surface area contributed by atoms with Crippen LogP contribution in [0.3, 0.4) is 0 Å². The summed E-state index contributed by atoms with van der Waals surface area (Å²) in [6, 6.07) is 1.38. The van der Waals surface area contributed by atoms with E-state index in [0.717, 1.165) is 12.8 Å². The highest BCUT2D eigenvalue weighted by atomic mass is 19.4. The van der Waals surface area contributed by atoms with Gasteiger partial charge in [-0.15, -0.1) is 0 Å². The van der Waals surface area contributed by atoms with Crippen molar-refractivity contribution in [2.24, 2.45) is 5.92 Å². The van der Waals surface area contributed by atoms with Crippen molar-refractivity contribution in [1.29, 1.82) is 0 Å². The van der Waals surface area contributed by atoms with Crippen molar-refractivity contribution in [2.45, 2.75) is 39.8 Å². The number of hydrogen-bond acceptors (Lipinski definition) is 4. The standard InChI is InChI=1S/C13H20F3N3O/c1-4-17-10-8-11(20-7-5-6-9(2)3)19-12(18-10)13(14,15)16/h8-9H,4-7H2,1-3H3,(H,17,18,19). The summed E-state index contributed by atoms with van der Waals surface area (Å²) in [6.45, 7) is 6.75. The molecule has 0 unspecified atom stereocenters. The van der Waals surface area contributed by atoms with Crippen molar-refractivity contribution >= 4 is 5.82 Å². The Morgan fingerprint density at radius 1 is 1.30 bits per heavy atom. The summed E-state index contributed by atoms with van der Waals surface area (Å²) in [6.07, 6.45) is -2.85. The molecular weight excluding hydrogens is 271 g/mol. The quantitative estimate of drug-likeness (QED) is 0.777. The third-order valence-corrected chi connectivity index (χ3v) is 2.49. The Hall–Kier alpha value is -1.53. The molecular formula is C13H20F3N3O. The van der Waals surface area contributed by atoms with Gasteiger partial charge >= 0.3 is 6.18 Å². The number of nitrogens with zero attached hydrogens (tertiary/aromatic N) is 2. The fraction of sp³-hybridized carbons (Fsp3) is 0.692. The van der Waals surface area contributed by atoms with Crippen LogP contribution in [0.25, 0.3) is 0 Å². The van der Waals surface area contributed by atoms with Crippen LogP contribution in [-0.4, -0.2) is 23.1 Å². The molecule has 0 aliphatic rings. The first-order valence-electron chi connectivity index (χ1n) is 6.66. The van der Waals surface area contributed by atoms with Gasteiger partial charge in [-0.25, -0.2) is 4.98 Å². The first-order chi connectivity index (χ1) is 9.32. The second-order valence-electron chi connectivity index (χ2n) is 4.83. The summed E-state index contributed by atoms with van der Waals surface area (Å²) in [5.41, 5.74) is 0. The van der Waals surface area contributed by atoms with Crippen molar-refractivity contribution in [2.75, 3.05) is 18.5 Å². The van der Waals surface area contributed by atoms with Crippen LogP contribution in [0, 0.1) is 5.92 Å². The maximum Gasteiger partial charge on any atom is 0.451 e. The third-order valence-electron chi connectivity index (χ3n) is 2.49. The van der Waals surface area contributed by atoms with Gasteiger partial charge in [-0.05, 0) is 25.7 Å². The smallest absolute Gasteiger partial charge is 0.451 e. The molecule has 1 rings (SSSR count). The first kappa shape index (κ1) is 16.5. The fourth-order valence-electron chi connectivity index (χ4n) is 1.57. The largest absolute Gasteiger partial charge is 0.478 e. The number of anilines is 1. The highest BCUT2D eigenvalue weighted by Gasteiger charge is 2.35. The zero-order valence-corrected chi connectivity index (χ0v) is 11.9. The van der Waals surface area contributed by atoms with Crippen LogP contribution in [-0.2, 0) is 6.18 Å². The Bertz CT molecular complexity index is 422. The van der Waals surface area contributed by atoms with Crippen molar-refractivity contribution in [3.8, 4) is 5.88 Å². The zero-order chi connectivity index (χ0) is 15.2. The molecule has 0 radical (unpaired) electrons. The van der Waals surface area contributed by atoms with E-state index in [1.165, 1.54) is 6.07 Å². The summed E-state index contributed by atoms with van der Waals surface area (Å²) in [7, 11) is 0. The van der Waals surface area contributed by atoms with Crippen molar-refractivity contribution < 1.29 is 17.9 Å². The summed E-state index contributed by atoms with van der Waals surface area (Å²) < 4.78 is 43.3. The molecule has 0 saturated heterocycles. The molecule has 0 bridgehead atoms. The van der Waals surface area contributed by atoms with E-state index in [2.05, 4.69) is 29.1 Å². The van der Waals surface area contributed by atoms with Gasteiger partial charge in [0.15, 0.2) is 0 Å². The molecule has 0 fully saturated rings. The lowest BCUT2D eigenvalue weighted by atomic mass is 10.1. The summed E-state index contributed by atoms with van der Waals surface area (Å²) in [4.78, 5) is 6.83. The van der Waals surface area contributed by atoms with Gasteiger partial charge in [0.1, 0.15) is 5.82 Å². The van der Waals surface area contributed by atoms with E-state index in [1.54, 1.807) is 6.92 Å². The molecule has 0 aliphatic heterocycles. The Kier molecular flexibility index (Phi) is 6.04. The van der Waals surface area contributed by atoms with E-state index in [0.29, 0.717) is 19.1 Å². The van der Waals surface area contributed by atoms with Crippen LogP contribution in [0.15, 0.2) is 6.07 Å². The molecule has 0 atom stereocenters. The highest BCUT2D eigenvalue weighted by molar-refractivity contribution is 5.38. The van der Waals surface area contributed by atoms with E-state index in [4.69, 9.17) is 4.74 Å².